The maximum Gasteiger partial charge on any atom is 0.141 e. The third-order valence-electron chi connectivity index (χ3n) is 2.49. The van der Waals surface area contributed by atoms with Crippen LogP contribution in [0.15, 0.2) is 12.7 Å². The van der Waals surface area contributed by atoms with Crippen LogP contribution in [0.4, 0.5) is 0 Å². The Kier molecular flexibility index (Phi) is 2.45. The molecular weight excluding hydrogens is 140 g/mol. The van der Waals surface area contributed by atoms with E-state index in [4.69, 9.17) is 5.11 Å². The fourth-order valence-electron chi connectivity index (χ4n) is 1.72. The molecule has 0 aromatic heterocycles. The fourth-order valence-corrected chi connectivity index (χ4v) is 1.72. The second kappa shape index (κ2) is 3.18. The van der Waals surface area contributed by atoms with E-state index < -0.39 is 5.41 Å². The molecule has 1 rings (SSSR count). The highest BCUT2D eigenvalue weighted by Gasteiger charge is 2.39. The van der Waals surface area contributed by atoms with Crippen molar-refractivity contribution < 1.29 is 9.90 Å². The van der Waals surface area contributed by atoms with Gasteiger partial charge in [-0.15, -0.1) is 6.58 Å². The van der Waals surface area contributed by atoms with Crippen molar-refractivity contribution in [2.75, 3.05) is 6.61 Å². The van der Waals surface area contributed by atoms with Gasteiger partial charge in [0.2, 0.25) is 0 Å². The summed E-state index contributed by atoms with van der Waals surface area (Å²) in [4.78, 5) is 11.3. The summed E-state index contributed by atoms with van der Waals surface area (Å²) in [5.41, 5.74) is -0.457. The second-order valence-electron chi connectivity index (χ2n) is 3.21. The molecule has 2 heteroatoms. The van der Waals surface area contributed by atoms with Crippen molar-refractivity contribution in [1.82, 2.24) is 0 Å². The minimum atomic E-state index is -0.457. The number of aliphatic hydroxyl groups is 1. The zero-order valence-corrected chi connectivity index (χ0v) is 6.68. The molecule has 0 aliphatic heterocycles. The number of allylic oxidation sites excluding steroid dienone is 1. The van der Waals surface area contributed by atoms with E-state index in [0.717, 1.165) is 12.8 Å². The highest BCUT2D eigenvalue weighted by atomic mass is 16.3. The molecule has 0 aromatic carbocycles. The number of rotatable bonds is 3. The van der Waals surface area contributed by atoms with Gasteiger partial charge in [0.15, 0.2) is 0 Å². The van der Waals surface area contributed by atoms with E-state index in [1.54, 1.807) is 6.08 Å². The van der Waals surface area contributed by atoms with Crippen molar-refractivity contribution >= 4 is 5.78 Å². The summed E-state index contributed by atoms with van der Waals surface area (Å²) in [6.07, 6.45) is 4.73. The predicted molar refractivity (Wildman–Crippen MR) is 43.2 cm³/mol. The SMILES string of the molecule is C=CC[C@]1(CO)CCCC1=O. The van der Waals surface area contributed by atoms with Gasteiger partial charge in [-0.25, -0.2) is 0 Å². The molecule has 0 saturated heterocycles. The standard InChI is InChI=1S/C9H14O2/c1-2-5-9(7-10)6-3-4-8(9)11/h2,10H,1,3-7H2/t9-/m1/s1. The predicted octanol–water partition coefficient (Wildman–Crippen LogP) is 1.29. The third-order valence-corrected chi connectivity index (χ3v) is 2.49. The second-order valence-corrected chi connectivity index (χ2v) is 3.21. The molecule has 1 aliphatic carbocycles. The molecule has 1 N–H and O–H groups in total. The number of hydrogen-bond acceptors (Lipinski definition) is 2. The summed E-state index contributed by atoms with van der Waals surface area (Å²) in [5, 5.41) is 9.05. The van der Waals surface area contributed by atoms with Gasteiger partial charge in [-0.1, -0.05) is 6.08 Å². The summed E-state index contributed by atoms with van der Waals surface area (Å²) in [5.74, 6) is 0.208. The van der Waals surface area contributed by atoms with Crippen LogP contribution in [0.2, 0.25) is 0 Å². The smallest absolute Gasteiger partial charge is 0.141 e. The molecule has 0 bridgehead atoms. The van der Waals surface area contributed by atoms with Gasteiger partial charge in [0, 0.05) is 6.42 Å². The van der Waals surface area contributed by atoms with Gasteiger partial charge < -0.3 is 5.11 Å². The Morgan fingerprint density at radius 1 is 1.73 bits per heavy atom. The Hall–Kier alpha value is -0.630. The van der Waals surface area contributed by atoms with Crippen molar-refractivity contribution in [2.24, 2.45) is 5.41 Å². The molecular formula is C9H14O2. The number of carbonyl (C=O) groups is 1. The van der Waals surface area contributed by atoms with Crippen LogP contribution in [0.3, 0.4) is 0 Å². The highest BCUT2D eigenvalue weighted by molar-refractivity contribution is 5.87. The first-order chi connectivity index (χ1) is 5.25. The fraction of sp³-hybridized carbons (Fsp3) is 0.667. The summed E-state index contributed by atoms with van der Waals surface area (Å²) >= 11 is 0. The van der Waals surface area contributed by atoms with Crippen LogP contribution in [-0.4, -0.2) is 17.5 Å². The minimum Gasteiger partial charge on any atom is -0.395 e. The average molecular weight is 154 g/mol. The molecule has 62 valence electrons. The van der Waals surface area contributed by atoms with Crippen molar-refractivity contribution in [3.05, 3.63) is 12.7 Å². The van der Waals surface area contributed by atoms with Crippen LogP contribution in [0.5, 0.6) is 0 Å². The van der Waals surface area contributed by atoms with Gasteiger partial charge in [0.25, 0.3) is 0 Å². The maximum atomic E-state index is 11.3. The number of aliphatic hydroxyl groups excluding tert-OH is 1. The third kappa shape index (κ3) is 1.36. The molecule has 0 spiro atoms. The van der Waals surface area contributed by atoms with Gasteiger partial charge in [0.05, 0.1) is 12.0 Å². The minimum absolute atomic E-state index is 0.0160. The molecule has 0 radical (unpaired) electrons. The topological polar surface area (TPSA) is 37.3 Å². The molecule has 2 nitrogen and oxygen atoms in total. The molecule has 1 atom stereocenters. The summed E-state index contributed by atoms with van der Waals surface area (Å²) in [6.45, 7) is 3.57. The first-order valence-electron chi connectivity index (χ1n) is 4.00. The lowest BCUT2D eigenvalue weighted by Crippen LogP contribution is -2.29. The van der Waals surface area contributed by atoms with E-state index in [0.29, 0.717) is 12.8 Å². The Morgan fingerprint density at radius 3 is 2.82 bits per heavy atom. The van der Waals surface area contributed by atoms with Crippen LogP contribution < -0.4 is 0 Å². The number of hydrogen-bond donors (Lipinski definition) is 1. The van der Waals surface area contributed by atoms with Crippen molar-refractivity contribution in [2.45, 2.75) is 25.7 Å². The van der Waals surface area contributed by atoms with Crippen LogP contribution in [0.1, 0.15) is 25.7 Å². The summed E-state index contributed by atoms with van der Waals surface area (Å²) in [6, 6.07) is 0. The zero-order valence-electron chi connectivity index (χ0n) is 6.68. The van der Waals surface area contributed by atoms with Crippen molar-refractivity contribution in [3.63, 3.8) is 0 Å². The van der Waals surface area contributed by atoms with Crippen LogP contribution >= 0.6 is 0 Å². The quantitative estimate of drug-likeness (QED) is 0.622. The van der Waals surface area contributed by atoms with E-state index >= 15 is 0 Å². The van der Waals surface area contributed by atoms with Gasteiger partial charge in [-0.2, -0.15) is 0 Å². The van der Waals surface area contributed by atoms with Crippen LogP contribution in [-0.2, 0) is 4.79 Å². The van der Waals surface area contributed by atoms with Gasteiger partial charge in [-0.3, -0.25) is 4.79 Å². The largest absolute Gasteiger partial charge is 0.395 e. The molecule has 1 saturated carbocycles. The molecule has 0 heterocycles. The Balaban J connectivity index is 2.72. The Labute approximate surface area is 66.9 Å². The average Bonchev–Trinajstić information content (AvgIpc) is 2.35. The van der Waals surface area contributed by atoms with Gasteiger partial charge in [-0.05, 0) is 19.3 Å². The number of ketones is 1. The first-order valence-corrected chi connectivity index (χ1v) is 4.00. The lowest BCUT2D eigenvalue weighted by Gasteiger charge is -2.22. The van der Waals surface area contributed by atoms with Crippen molar-refractivity contribution in [1.29, 1.82) is 0 Å². The van der Waals surface area contributed by atoms with Gasteiger partial charge in [0.1, 0.15) is 5.78 Å². The van der Waals surface area contributed by atoms with E-state index in [9.17, 15) is 4.79 Å². The molecule has 1 fully saturated rings. The molecule has 0 amide bonds. The number of carbonyl (C=O) groups excluding carboxylic acids is 1. The number of Topliss-reactive ketones (excluding diaryl/α,β-unsaturated/α-hetero) is 1. The van der Waals surface area contributed by atoms with Crippen LogP contribution in [0.25, 0.3) is 0 Å². The maximum absolute atomic E-state index is 11.3. The van der Waals surface area contributed by atoms with E-state index in [2.05, 4.69) is 6.58 Å². The van der Waals surface area contributed by atoms with E-state index in [-0.39, 0.29) is 12.4 Å². The zero-order chi connectivity index (χ0) is 8.32. The van der Waals surface area contributed by atoms with Crippen LogP contribution in [0, 0.1) is 5.41 Å². The molecule has 0 unspecified atom stereocenters. The lowest BCUT2D eigenvalue weighted by atomic mass is 9.83. The van der Waals surface area contributed by atoms with Crippen molar-refractivity contribution in [3.8, 4) is 0 Å². The Morgan fingerprint density at radius 2 is 2.45 bits per heavy atom. The molecule has 0 aromatic rings. The normalized spacial score (nSPS) is 30.8. The summed E-state index contributed by atoms with van der Waals surface area (Å²) < 4.78 is 0. The summed E-state index contributed by atoms with van der Waals surface area (Å²) in [7, 11) is 0. The first kappa shape index (κ1) is 8.47. The van der Waals surface area contributed by atoms with Gasteiger partial charge >= 0.3 is 0 Å². The van der Waals surface area contributed by atoms with E-state index in [1.165, 1.54) is 0 Å². The van der Waals surface area contributed by atoms with E-state index in [1.807, 2.05) is 0 Å². The Bertz CT molecular complexity index is 174. The molecule has 11 heavy (non-hydrogen) atoms. The molecule has 1 aliphatic rings. The highest BCUT2D eigenvalue weighted by Crippen LogP contribution is 2.37. The lowest BCUT2D eigenvalue weighted by molar-refractivity contribution is -0.127. The monoisotopic (exact) mass is 154 g/mol.